The molecule has 0 heterocycles. The number of carbonyl (C=O) groups excluding carboxylic acids is 2. The molecule has 1 N–H and O–H groups in total. The van der Waals surface area contributed by atoms with Crippen molar-refractivity contribution in [2.24, 2.45) is 0 Å². The predicted molar refractivity (Wildman–Crippen MR) is 220 cm³/mol. The smallest absolute Gasteiger partial charge is 0.462 e. The molecule has 9 nitrogen and oxygen atoms in total. The first kappa shape index (κ1) is 51.5. The molecule has 53 heavy (non-hydrogen) atoms. The van der Waals surface area contributed by atoms with E-state index in [2.05, 4.69) is 38.2 Å². The number of nitrogens with zero attached hydrogens (tertiary/aromatic N) is 1. The van der Waals surface area contributed by atoms with Gasteiger partial charge >= 0.3 is 19.8 Å². The summed E-state index contributed by atoms with van der Waals surface area (Å²) in [6, 6.07) is 0. The van der Waals surface area contributed by atoms with E-state index in [1.807, 2.05) is 21.1 Å². The second-order valence-corrected chi connectivity index (χ2v) is 17.2. The molecule has 1 unspecified atom stereocenters. The Labute approximate surface area is 326 Å². The monoisotopic (exact) mass is 773 g/mol. The summed E-state index contributed by atoms with van der Waals surface area (Å²) in [7, 11) is 1.47. The topological polar surface area (TPSA) is 108 Å². The Morgan fingerprint density at radius 2 is 1.04 bits per heavy atom. The number of unbranched alkanes of at least 4 members (excludes halogenated alkanes) is 21. The van der Waals surface area contributed by atoms with E-state index in [9.17, 15) is 19.0 Å². The van der Waals surface area contributed by atoms with Crippen molar-refractivity contribution in [2.45, 2.75) is 193 Å². The lowest BCUT2D eigenvalue weighted by molar-refractivity contribution is -0.870. The van der Waals surface area contributed by atoms with Crippen LogP contribution in [0.2, 0.25) is 0 Å². The molecule has 0 aromatic rings. The largest absolute Gasteiger partial charge is 0.472 e. The van der Waals surface area contributed by atoms with E-state index in [4.69, 9.17) is 18.5 Å². The van der Waals surface area contributed by atoms with Crippen LogP contribution < -0.4 is 0 Å². The molecule has 0 rings (SSSR count). The highest BCUT2D eigenvalue weighted by Gasteiger charge is 2.27. The second-order valence-electron chi connectivity index (χ2n) is 15.7. The molecule has 0 bridgehead atoms. The fourth-order valence-electron chi connectivity index (χ4n) is 5.79. The van der Waals surface area contributed by atoms with Crippen LogP contribution in [-0.2, 0) is 32.7 Å². The fourth-order valence-corrected chi connectivity index (χ4v) is 6.54. The molecule has 312 valence electrons. The molecule has 10 heteroatoms. The zero-order chi connectivity index (χ0) is 39.3. The van der Waals surface area contributed by atoms with Crippen LogP contribution in [0.5, 0.6) is 0 Å². The first-order chi connectivity index (χ1) is 25.5. The number of hydrogen-bond acceptors (Lipinski definition) is 7. The predicted octanol–water partition coefficient (Wildman–Crippen LogP) is 12.0. The minimum absolute atomic E-state index is 0.0305. The third-order valence-electron chi connectivity index (χ3n) is 9.23. The molecule has 0 aliphatic carbocycles. The lowest BCUT2D eigenvalue weighted by Gasteiger charge is -2.24. The van der Waals surface area contributed by atoms with Gasteiger partial charge in [-0.2, -0.15) is 0 Å². The molecule has 0 fully saturated rings. The quantitative estimate of drug-likeness (QED) is 0.0216. The summed E-state index contributed by atoms with van der Waals surface area (Å²) in [5, 5.41) is 0. The van der Waals surface area contributed by atoms with Gasteiger partial charge in [0.1, 0.15) is 19.8 Å². The van der Waals surface area contributed by atoms with E-state index in [1.165, 1.54) is 89.9 Å². The van der Waals surface area contributed by atoms with Crippen molar-refractivity contribution in [3.05, 3.63) is 24.3 Å². The Morgan fingerprint density at radius 1 is 0.585 bits per heavy atom. The molecule has 0 spiro atoms. The molecule has 0 aliphatic rings. The minimum atomic E-state index is -4.37. The summed E-state index contributed by atoms with van der Waals surface area (Å²) < 4.78 is 34.3. The summed E-state index contributed by atoms with van der Waals surface area (Å²) in [5.41, 5.74) is 0. The van der Waals surface area contributed by atoms with Gasteiger partial charge in [0.25, 0.3) is 0 Å². The Morgan fingerprint density at radius 3 is 1.55 bits per heavy atom. The first-order valence-electron chi connectivity index (χ1n) is 21.6. The zero-order valence-electron chi connectivity index (χ0n) is 35.0. The van der Waals surface area contributed by atoms with E-state index in [0.29, 0.717) is 23.9 Å². The maximum atomic E-state index is 12.7. The highest BCUT2D eigenvalue weighted by molar-refractivity contribution is 7.47. The molecule has 0 radical (unpaired) electrons. The molecule has 0 aliphatic heterocycles. The van der Waals surface area contributed by atoms with Gasteiger partial charge in [0.2, 0.25) is 0 Å². The van der Waals surface area contributed by atoms with E-state index < -0.39 is 26.5 Å². The maximum absolute atomic E-state index is 12.7. The van der Waals surface area contributed by atoms with Crippen molar-refractivity contribution < 1.29 is 42.1 Å². The third kappa shape index (κ3) is 40.0. The Kier molecular flexibility index (Phi) is 35.1. The van der Waals surface area contributed by atoms with E-state index >= 15 is 0 Å². The summed E-state index contributed by atoms with van der Waals surface area (Å²) >= 11 is 0. The summed E-state index contributed by atoms with van der Waals surface area (Å²) in [5.74, 6) is -0.809. The van der Waals surface area contributed by atoms with Gasteiger partial charge < -0.3 is 18.9 Å². The summed E-state index contributed by atoms with van der Waals surface area (Å²) in [6.45, 7) is 4.37. The summed E-state index contributed by atoms with van der Waals surface area (Å²) in [4.78, 5) is 35.3. The maximum Gasteiger partial charge on any atom is 0.472 e. The van der Waals surface area contributed by atoms with Crippen LogP contribution in [0.1, 0.15) is 187 Å². The molecule has 0 aromatic heterocycles. The van der Waals surface area contributed by atoms with E-state index in [0.717, 1.165) is 64.2 Å². The van der Waals surface area contributed by atoms with Crippen LogP contribution in [0.15, 0.2) is 24.3 Å². The minimum Gasteiger partial charge on any atom is -0.462 e. The van der Waals surface area contributed by atoms with Gasteiger partial charge in [-0.25, -0.2) is 4.57 Å². The molecule has 0 aromatic carbocycles. The van der Waals surface area contributed by atoms with Crippen molar-refractivity contribution in [3.63, 3.8) is 0 Å². The second kappa shape index (κ2) is 36.1. The van der Waals surface area contributed by atoms with Crippen LogP contribution in [0.25, 0.3) is 0 Å². The van der Waals surface area contributed by atoms with Gasteiger partial charge in [0.15, 0.2) is 6.10 Å². The number of rotatable bonds is 39. The van der Waals surface area contributed by atoms with Crippen molar-refractivity contribution >= 4 is 19.8 Å². The average molecular weight is 773 g/mol. The molecular formula is C43H83NO8P+. The van der Waals surface area contributed by atoms with Crippen LogP contribution >= 0.6 is 7.82 Å². The van der Waals surface area contributed by atoms with Crippen LogP contribution in [-0.4, -0.2) is 74.9 Å². The lowest BCUT2D eigenvalue weighted by Crippen LogP contribution is -2.37. The average Bonchev–Trinajstić information content (AvgIpc) is 3.10. The van der Waals surface area contributed by atoms with Gasteiger partial charge in [-0.3, -0.25) is 18.6 Å². The molecule has 0 amide bonds. The molecule has 0 saturated carbocycles. The number of allylic oxidation sites excluding steroid dienone is 4. The lowest BCUT2D eigenvalue weighted by atomic mass is 10.0. The molecule has 2 atom stereocenters. The van der Waals surface area contributed by atoms with Crippen molar-refractivity contribution in [2.75, 3.05) is 47.5 Å². The SMILES string of the molecule is CCCC/C=C/C/C=C/CCCCCCCC(=O)O[C@H](COC(=O)CCCCCCCCCCCCCCCCC)COP(=O)(O)OCC[N+](C)(C)C. The Bertz CT molecular complexity index is 964. The summed E-state index contributed by atoms with van der Waals surface area (Å²) in [6.07, 6.45) is 37.9. The van der Waals surface area contributed by atoms with Crippen molar-refractivity contribution in [3.8, 4) is 0 Å². The number of esters is 2. The Hall–Kier alpha value is -1.51. The van der Waals surface area contributed by atoms with Crippen molar-refractivity contribution in [1.82, 2.24) is 0 Å². The van der Waals surface area contributed by atoms with Crippen LogP contribution in [0.4, 0.5) is 0 Å². The number of phosphoric ester groups is 1. The van der Waals surface area contributed by atoms with Crippen molar-refractivity contribution in [1.29, 1.82) is 0 Å². The number of quaternary nitrogens is 1. The first-order valence-corrected chi connectivity index (χ1v) is 23.1. The number of likely N-dealkylation sites (N-methyl/N-ethyl adjacent to an activating group) is 1. The third-order valence-corrected chi connectivity index (χ3v) is 10.2. The van der Waals surface area contributed by atoms with Gasteiger partial charge in [0.05, 0.1) is 27.7 Å². The zero-order valence-corrected chi connectivity index (χ0v) is 35.9. The standard InChI is InChI=1S/C43H82NO8P/c1-6-8-10-12-14-16-18-20-22-24-25-27-29-31-33-35-42(45)49-39-41(40-51-53(47,48)50-38-37-44(3,4)5)52-43(46)36-34-32-30-28-26-23-21-19-17-15-13-11-9-7-2/h13,15,19,21,41H,6-12,14,16-18,20,22-40H2,1-5H3/p+1/b15-13+,21-19+/t41-/m1/s1. The van der Waals surface area contributed by atoms with Crippen LogP contribution in [0.3, 0.4) is 0 Å². The normalized spacial score (nSPS) is 13.8. The number of ether oxygens (including phenoxy) is 2. The fraction of sp³-hybridized carbons (Fsp3) is 0.860. The number of carbonyl (C=O) groups is 2. The number of phosphoric acid groups is 1. The molecule has 0 saturated heterocycles. The van der Waals surface area contributed by atoms with Gasteiger partial charge in [-0.15, -0.1) is 0 Å². The molecular weight excluding hydrogens is 689 g/mol. The van der Waals surface area contributed by atoms with E-state index in [-0.39, 0.29) is 25.6 Å². The van der Waals surface area contributed by atoms with E-state index in [1.54, 1.807) is 0 Å². The Balaban J connectivity index is 4.37. The van der Waals surface area contributed by atoms with Gasteiger partial charge in [-0.1, -0.05) is 160 Å². The van der Waals surface area contributed by atoms with Gasteiger partial charge in [-0.05, 0) is 38.5 Å². The van der Waals surface area contributed by atoms with Gasteiger partial charge in [0, 0.05) is 12.8 Å². The highest BCUT2D eigenvalue weighted by atomic mass is 31.2. The van der Waals surface area contributed by atoms with Crippen LogP contribution in [0, 0.1) is 0 Å². The number of hydrogen-bond donors (Lipinski definition) is 1. The highest BCUT2D eigenvalue weighted by Crippen LogP contribution is 2.43.